The highest BCUT2D eigenvalue weighted by atomic mass is 16.5. The molecule has 31 heavy (non-hydrogen) atoms. The average Bonchev–Trinajstić information content (AvgIpc) is 2.84. The van der Waals surface area contributed by atoms with Crippen molar-refractivity contribution >= 4 is 0 Å². The van der Waals surface area contributed by atoms with Gasteiger partial charge in [-0.1, -0.05) is 23.8 Å². The smallest absolute Gasteiger partial charge is 0.159 e. The van der Waals surface area contributed by atoms with E-state index in [9.17, 15) is 0 Å². The van der Waals surface area contributed by atoms with Crippen LogP contribution in [0, 0.1) is 0 Å². The van der Waals surface area contributed by atoms with Crippen LogP contribution < -0.4 is 4.74 Å². The van der Waals surface area contributed by atoms with Gasteiger partial charge in [-0.15, -0.1) is 0 Å². The molecular weight excluding hydrogens is 384 g/mol. The van der Waals surface area contributed by atoms with E-state index in [1.54, 1.807) is 19.5 Å². The van der Waals surface area contributed by atoms with Crippen LogP contribution in [0.15, 0.2) is 66.6 Å². The van der Waals surface area contributed by atoms with Gasteiger partial charge in [0.15, 0.2) is 5.82 Å². The summed E-state index contributed by atoms with van der Waals surface area (Å²) in [5, 5.41) is 0. The topological polar surface area (TPSA) is 51.1 Å². The Morgan fingerprint density at radius 2 is 1.90 bits per heavy atom. The fourth-order valence-corrected chi connectivity index (χ4v) is 4.17. The van der Waals surface area contributed by atoms with Crippen molar-refractivity contribution in [2.24, 2.45) is 0 Å². The van der Waals surface area contributed by atoms with Crippen LogP contribution in [0.3, 0.4) is 0 Å². The molecule has 0 aliphatic carbocycles. The Kier molecular flexibility index (Phi) is 6.73. The molecule has 1 saturated heterocycles. The van der Waals surface area contributed by atoms with E-state index in [2.05, 4.69) is 41.9 Å². The van der Waals surface area contributed by atoms with E-state index in [4.69, 9.17) is 14.7 Å². The molecule has 1 aliphatic heterocycles. The maximum absolute atomic E-state index is 5.46. The van der Waals surface area contributed by atoms with Gasteiger partial charge in [-0.2, -0.15) is 0 Å². The van der Waals surface area contributed by atoms with Crippen LogP contribution in [0.25, 0.3) is 22.5 Å². The first-order chi connectivity index (χ1) is 15.2. The van der Waals surface area contributed by atoms with Crippen LogP contribution in [0.2, 0.25) is 0 Å². The number of aromatic nitrogens is 3. The van der Waals surface area contributed by atoms with Crippen LogP contribution in [-0.2, 0) is 0 Å². The highest BCUT2D eigenvalue weighted by Gasteiger charge is 2.25. The highest BCUT2D eigenvalue weighted by Crippen LogP contribution is 2.36. The Hall–Kier alpha value is -3.05. The molecule has 160 valence electrons. The van der Waals surface area contributed by atoms with E-state index in [0.29, 0.717) is 5.92 Å². The van der Waals surface area contributed by atoms with Crippen LogP contribution in [-0.4, -0.2) is 46.6 Å². The second-order valence-electron chi connectivity index (χ2n) is 8.15. The maximum atomic E-state index is 5.46. The van der Waals surface area contributed by atoms with Gasteiger partial charge in [0.25, 0.3) is 0 Å². The lowest BCUT2D eigenvalue weighted by Gasteiger charge is -2.32. The number of pyridine rings is 1. The molecule has 5 nitrogen and oxygen atoms in total. The summed E-state index contributed by atoms with van der Waals surface area (Å²) in [5.41, 5.74) is 5.76. The average molecular weight is 415 g/mol. The van der Waals surface area contributed by atoms with Gasteiger partial charge < -0.3 is 4.74 Å². The summed E-state index contributed by atoms with van der Waals surface area (Å²) in [6.45, 7) is 7.55. The predicted octanol–water partition coefficient (Wildman–Crippen LogP) is 5.36. The minimum atomic E-state index is 0.409. The molecule has 4 rings (SSSR count). The fourth-order valence-electron chi connectivity index (χ4n) is 4.17. The van der Waals surface area contributed by atoms with Crippen molar-refractivity contribution in [1.29, 1.82) is 0 Å². The molecular formula is C26H30N4O. The third-order valence-corrected chi connectivity index (χ3v) is 6.08. The minimum absolute atomic E-state index is 0.409. The first-order valence-electron chi connectivity index (χ1n) is 10.9. The number of piperidine rings is 1. The van der Waals surface area contributed by atoms with Crippen LogP contribution in [0.1, 0.15) is 38.3 Å². The number of allylic oxidation sites excluding steroid dienone is 1. The Balaban J connectivity index is 1.68. The normalized spacial score (nSPS) is 15.8. The molecule has 0 N–H and O–H groups in total. The van der Waals surface area contributed by atoms with Crippen LogP contribution in [0.5, 0.6) is 5.75 Å². The van der Waals surface area contributed by atoms with E-state index in [1.807, 2.05) is 30.5 Å². The lowest BCUT2D eigenvalue weighted by atomic mass is 9.88. The quantitative estimate of drug-likeness (QED) is 0.508. The molecule has 3 heterocycles. The van der Waals surface area contributed by atoms with Gasteiger partial charge in [0.1, 0.15) is 5.75 Å². The maximum Gasteiger partial charge on any atom is 0.159 e. The molecule has 5 heteroatoms. The summed E-state index contributed by atoms with van der Waals surface area (Å²) in [6.07, 6.45) is 9.95. The standard InChI is InChI=1S/C26H30N4O/c1-4-19(2)18-30-14-10-20(11-15-30)25-24(22-6-5-7-23(16-22)31-3)17-28-26(29-25)21-8-12-27-13-9-21/h4-9,12-13,16-17,20H,10-11,14-15,18H2,1-3H3. The molecule has 0 unspecified atom stereocenters. The summed E-state index contributed by atoms with van der Waals surface area (Å²) < 4.78 is 5.46. The van der Waals surface area contributed by atoms with Crippen molar-refractivity contribution in [3.63, 3.8) is 0 Å². The summed E-state index contributed by atoms with van der Waals surface area (Å²) in [4.78, 5) is 16.5. The zero-order valence-electron chi connectivity index (χ0n) is 18.6. The Bertz CT molecular complexity index is 1040. The van der Waals surface area contributed by atoms with Gasteiger partial charge in [0.05, 0.1) is 12.8 Å². The number of ether oxygens (including phenoxy) is 1. The lowest BCUT2D eigenvalue weighted by Crippen LogP contribution is -2.34. The first-order valence-corrected chi connectivity index (χ1v) is 10.9. The lowest BCUT2D eigenvalue weighted by molar-refractivity contribution is 0.226. The van der Waals surface area contributed by atoms with Crippen molar-refractivity contribution in [2.75, 3.05) is 26.7 Å². The Morgan fingerprint density at radius 1 is 1.13 bits per heavy atom. The third-order valence-electron chi connectivity index (χ3n) is 6.08. The van der Waals surface area contributed by atoms with Crippen molar-refractivity contribution in [2.45, 2.75) is 32.6 Å². The molecule has 1 fully saturated rings. The van der Waals surface area contributed by atoms with Gasteiger partial charge in [-0.05, 0) is 69.6 Å². The van der Waals surface area contributed by atoms with Crippen molar-refractivity contribution in [3.8, 4) is 28.3 Å². The van der Waals surface area contributed by atoms with Gasteiger partial charge >= 0.3 is 0 Å². The second-order valence-corrected chi connectivity index (χ2v) is 8.15. The molecule has 0 radical (unpaired) electrons. The molecule has 1 aliphatic rings. The van der Waals surface area contributed by atoms with Crippen LogP contribution >= 0.6 is 0 Å². The van der Waals surface area contributed by atoms with E-state index in [1.165, 1.54) is 5.57 Å². The SMILES string of the molecule is CC=C(C)CN1CCC(c2nc(-c3ccncc3)ncc2-c2cccc(OC)c2)CC1. The van der Waals surface area contributed by atoms with Crippen molar-refractivity contribution < 1.29 is 4.74 Å². The summed E-state index contributed by atoms with van der Waals surface area (Å²) in [6, 6.07) is 12.1. The monoisotopic (exact) mass is 414 g/mol. The second kappa shape index (κ2) is 9.84. The number of hydrogen-bond donors (Lipinski definition) is 0. The van der Waals surface area contributed by atoms with Crippen molar-refractivity contribution in [3.05, 3.63) is 72.3 Å². The molecule has 0 saturated carbocycles. The number of nitrogens with zero attached hydrogens (tertiary/aromatic N) is 4. The number of hydrogen-bond acceptors (Lipinski definition) is 5. The molecule has 0 atom stereocenters. The Morgan fingerprint density at radius 3 is 2.61 bits per heavy atom. The minimum Gasteiger partial charge on any atom is -0.497 e. The summed E-state index contributed by atoms with van der Waals surface area (Å²) >= 11 is 0. The Labute approximate surface area is 184 Å². The summed E-state index contributed by atoms with van der Waals surface area (Å²) in [5.74, 6) is 2.02. The molecule has 0 spiro atoms. The molecule has 3 aromatic rings. The largest absolute Gasteiger partial charge is 0.497 e. The van der Waals surface area contributed by atoms with E-state index in [-0.39, 0.29) is 0 Å². The number of likely N-dealkylation sites (tertiary alicyclic amines) is 1. The fraction of sp³-hybridized carbons (Fsp3) is 0.346. The summed E-state index contributed by atoms with van der Waals surface area (Å²) in [7, 11) is 1.70. The molecule has 1 aromatic carbocycles. The molecule has 0 bridgehead atoms. The van der Waals surface area contributed by atoms with Gasteiger partial charge in [-0.25, -0.2) is 9.97 Å². The number of rotatable bonds is 6. The van der Waals surface area contributed by atoms with Crippen LogP contribution in [0.4, 0.5) is 0 Å². The van der Waals surface area contributed by atoms with E-state index in [0.717, 1.165) is 66.4 Å². The van der Waals surface area contributed by atoms with Gasteiger partial charge in [-0.3, -0.25) is 9.88 Å². The zero-order chi connectivity index (χ0) is 21.6. The van der Waals surface area contributed by atoms with Gasteiger partial charge in [0.2, 0.25) is 0 Å². The zero-order valence-corrected chi connectivity index (χ0v) is 18.6. The van der Waals surface area contributed by atoms with E-state index < -0.39 is 0 Å². The first kappa shape index (κ1) is 21.2. The van der Waals surface area contributed by atoms with Crippen molar-refractivity contribution in [1.82, 2.24) is 19.9 Å². The van der Waals surface area contributed by atoms with Gasteiger partial charge in [0, 0.05) is 42.2 Å². The third kappa shape index (κ3) is 5.00. The predicted molar refractivity (Wildman–Crippen MR) is 125 cm³/mol. The van der Waals surface area contributed by atoms with E-state index >= 15 is 0 Å². The number of methoxy groups -OCH3 is 1. The molecule has 0 amide bonds. The highest BCUT2D eigenvalue weighted by molar-refractivity contribution is 5.69. The molecule has 2 aromatic heterocycles. The number of benzene rings is 1.